The molecule has 28 heavy (non-hydrogen) atoms. The molecule has 1 aliphatic rings. The summed E-state index contributed by atoms with van der Waals surface area (Å²) in [6, 6.07) is 14.9. The highest BCUT2D eigenvalue weighted by Gasteiger charge is 2.30. The van der Waals surface area contributed by atoms with Gasteiger partial charge in [0.25, 0.3) is 5.91 Å². The minimum atomic E-state index is -0.704. The van der Waals surface area contributed by atoms with Crippen molar-refractivity contribution in [3.8, 4) is 0 Å². The average Bonchev–Trinajstić information content (AvgIpc) is 3.15. The van der Waals surface area contributed by atoms with E-state index in [-0.39, 0.29) is 11.8 Å². The van der Waals surface area contributed by atoms with Crippen LogP contribution >= 0.6 is 23.2 Å². The summed E-state index contributed by atoms with van der Waals surface area (Å²) in [6.07, 6.45) is -0.283. The highest BCUT2D eigenvalue weighted by atomic mass is 35.5. The summed E-state index contributed by atoms with van der Waals surface area (Å²) in [7, 11) is 0. The van der Waals surface area contributed by atoms with E-state index in [0.717, 1.165) is 5.56 Å². The van der Waals surface area contributed by atoms with Crippen LogP contribution in [-0.4, -0.2) is 35.5 Å². The van der Waals surface area contributed by atoms with Gasteiger partial charge >= 0.3 is 0 Å². The van der Waals surface area contributed by atoms with Crippen molar-refractivity contribution in [2.45, 2.75) is 37.9 Å². The van der Waals surface area contributed by atoms with E-state index in [1.165, 1.54) is 0 Å². The number of rotatable bonds is 7. The van der Waals surface area contributed by atoms with Crippen LogP contribution < -0.4 is 5.32 Å². The predicted octanol–water partition coefficient (Wildman–Crippen LogP) is 4.16. The fourth-order valence-corrected chi connectivity index (χ4v) is 3.73. The lowest BCUT2D eigenvalue weighted by Gasteiger charge is -2.20. The molecule has 3 unspecified atom stereocenters. The third-order valence-electron chi connectivity index (χ3n) is 4.62. The Labute approximate surface area is 174 Å². The lowest BCUT2D eigenvalue weighted by molar-refractivity contribution is -0.131. The molecule has 1 heterocycles. The van der Waals surface area contributed by atoms with E-state index < -0.39 is 12.2 Å². The molecule has 3 atom stereocenters. The van der Waals surface area contributed by atoms with Crippen LogP contribution in [0.25, 0.3) is 0 Å². The smallest absolute Gasteiger partial charge is 0.264 e. The molecule has 0 bridgehead atoms. The van der Waals surface area contributed by atoms with Gasteiger partial charge in [-0.1, -0.05) is 64.8 Å². The normalized spacial score (nSPS) is 18.1. The van der Waals surface area contributed by atoms with Crippen LogP contribution in [0.4, 0.5) is 0 Å². The van der Waals surface area contributed by atoms with Crippen LogP contribution in [0.15, 0.2) is 53.7 Å². The molecule has 7 heteroatoms. The van der Waals surface area contributed by atoms with Crippen molar-refractivity contribution >= 4 is 34.8 Å². The third-order valence-corrected chi connectivity index (χ3v) is 5.17. The first-order valence-electron chi connectivity index (χ1n) is 9.13. The number of aliphatic hydroxyl groups is 1. The number of nitrogens with zero attached hydrogens (tertiary/aromatic N) is 1. The van der Waals surface area contributed by atoms with Crippen molar-refractivity contribution in [3.05, 3.63) is 69.7 Å². The molecule has 0 saturated carbocycles. The van der Waals surface area contributed by atoms with E-state index in [1.807, 2.05) is 30.3 Å². The Morgan fingerprint density at radius 2 is 2.04 bits per heavy atom. The van der Waals surface area contributed by atoms with Crippen LogP contribution in [0.2, 0.25) is 10.0 Å². The monoisotopic (exact) mass is 420 g/mol. The molecule has 1 amide bonds. The van der Waals surface area contributed by atoms with Crippen molar-refractivity contribution in [1.29, 1.82) is 0 Å². The second-order valence-corrected chi connectivity index (χ2v) is 7.74. The number of aliphatic hydroxyl groups excluding tert-OH is 1. The van der Waals surface area contributed by atoms with E-state index >= 15 is 0 Å². The number of carbonyl (C=O) groups is 1. The van der Waals surface area contributed by atoms with Gasteiger partial charge in [-0.15, -0.1) is 0 Å². The molecule has 0 radical (unpaired) electrons. The summed E-state index contributed by atoms with van der Waals surface area (Å²) in [5.41, 5.74) is 2.39. The van der Waals surface area contributed by atoms with Crippen molar-refractivity contribution < 1.29 is 14.7 Å². The Hall–Kier alpha value is -2.08. The van der Waals surface area contributed by atoms with Crippen LogP contribution in [-0.2, 0) is 9.63 Å². The van der Waals surface area contributed by atoms with Gasteiger partial charge in [0.2, 0.25) is 6.10 Å². The Morgan fingerprint density at radius 1 is 1.29 bits per heavy atom. The summed E-state index contributed by atoms with van der Waals surface area (Å²) in [5, 5.41) is 17.7. The molecule has 1 aliphatic heterocycles. The van der Waals surface area contributed by atoms with Crippen LogP contribution in [0.5, 0.6) is 0 Å². The maximum Gasteiger partial charge on any atom is 0.264 e. The zero-order valence-electron chi connectivity index (χ0n) is 15.4. The predicted molar refractivity (Wildman–Crippen MR) is 111 cm³/mol. The second kappa shape index (κ2) is 9.41. The molecule has 2 aromatic carbocycles. The summed E-state index contributed by atoms with van der Waals surface area (Å²) < 4.78 is 0. The lowest BCUT2D eigenvalue weighted by atomic mass is 9.93. The molecule has 0 aliphatic carbocycles. The lowest BCUT2D eigenvalue weighted by Crippen LogP contribution is -2.37. The Morgan fingerprint density at radius 3 is 2.71 bits per heavy atom. The number of carbonyl (C=O) groups excluding carboxylic acids is 1. The first-order chi connectivity index (χ1) is 13.4. The number of nitrogens with one attached hydrogen (secondary N) is 1. The zero-order chi connectivity index (χ0) is 20.1. The topological polar surface area (TPSA) is 70.9 Å². The van der Waals surface area contributed by atoms with Gasteiger partial charge in [0.1, 0.15) is 0 Å². The highest BCUT2D eigenvalue weighted by Crippen LogP contribution is 2.26. The molecule has 0 saturated heterocycles. The summed E-state index contributed by atoms with van der Waals surface area (Å²) in [4.78, 5) is 17.9. The van der Waals surface area contributed by atoms with Crippen LogP contribution in [0.3, 0.4) is 0 Å². The van der Waals surface area contributed by atoms with Gasteiger partial charge in [-0.2, -0.15) is 0 Å². The SMILES string of the molecule is CC(O)CC(CNC(=O)C1CC(c2ccc(Cl)cc2Cl)=NO1)c1ccccc1. The molecular formula is C21H22Cl2N2O3. The Kier molecular flexibility index (Phi) is 6.94. The summed E-state index contributed by atoms with van der Waals surface area (Å²) >= 11 is 12.1. The zero-order valence-corrected chi connectivity index (χ0v) is 17.0. The standard InChI is InChI=1S/C21H22Cl2N2O3/c1-13(26)9-15(14-5-3-2-4-6-14)12-24-21(27)20-11-19(25-28-20)17-8-7-16(22)10-18(17)23/h2-8,10,13,15,20,26H,9,11-12H2,1H3,(H,24,27). The minimum absolute atomic E-state index is 0.0117. The van der Waals surface area contributed by atoms with Gasteiger partial charge in [-0.05, 0) is 31.0 Å². The van der Waals surface area contributed by atoms with E-state index in [0.29, 0.717) is 40.7 Å². The van der Waals surface area contributed by atoms with Crippen molar-refractivity contribution in [2.75, 3.05) is 6.54 Å². The molecule has 5 nitrogen and oxygen atoms in total. The van der Waals surface area contributed by atoms with E-state index in [4.69, 9.17) is 28.0 Å². The molecular weight excluding hydrogens is 399 g/mol. The van der Waals surface area contributed by atoms with Crippen LogP contribution in [0.1, 0.15) is 36.8 Å². The quantitative estimate of drug-likeness (QED) is 0.706. The highest BCUT2D eigenvalue weighted by molar-refractivity contribution is 6.37. The first kappa shape index (κ1) is 20.6. The van der Waals surface area contributed by atoms with E-state index in [9.17, 15) is 9.90 Å². The third kappa shape index (κ3) is 5.25. The van der Waals surface area contributed by atoms with E-state index in [2.05, 4.69) is 10.5 Å². The number of hydrogen-bond acceptors (Lipinski definition) is 4. The van der Waals surface area contributed by atoms with Gasteiger partial charge < -0.3 is 15.3 Å². The van der Waals surface area contributed by atoms with Gasteiger partial charge in [0.05, 0.1) is 16.8 Å². The molecule has 2 aromatic rings. The van der Waals surface area contributed by atoms with E-state index in [1.54, 1.807) is 25.1 Å². The maximum atomic E-state index is 12.6. The molecule has 0 fully saturated rings. The van der Waals surface area contributed by atoms with Gasteiger partial charge in [-0.3, -0.25) is 4.79 Å². The maximum absolute atomic E-state index is 12.6. The van der Waals surface area contributed by atoms with Gasteiger partial charge in [-0.25, -0.2) is 0 Å². The molecule has 2 N–H and O–H groups in total. The summed E-state index contributed by atoms with van der Waals surface area (Å²) in [6.45, 7) is 2.15. The number of benzene rings is 2. The molecule has 148 valence electrons. The number of halogens is 2. The second-order valence-electron chi connectivity index (χ2n) is 6.90. The van der Waals surface area contributed by atoms with Gasteiger partial charge in [0.15, 0.2) is 0 Å². The number of hydrogen-bond donors (Lipinski definition) is 2. The number of amides is 1. The number of oxime groups is 1. The largest absolute Gasteiger partial charge is 0.393 e. The van der Waals surface area contributed by atoms with Crippen molar-refractivity contribution in [2.24, 2.45) is 5.16 Å². The Balaban J connectivity index is 1.59. The minimum Gasteiger partial charge on any atom is -0.393 e. The van der Waals surface area contributed by atoms with Crippen molar-refractivity contribution in [1.82, 2.24) is 5.32 Å². The fourth-order valence-electron chi connectivity index (χ4n) is 3.21. The molecule has 0 aromatic heterocycles. The first-order valence-corrected chi connectivity index (χ1v) is 9.88. The molecule has 3 rings (SSSR count). The average molecular weight is 421 g/mol. The summed E-state index contributed by atoms with van der Waals surface area (Å²) in [5.74, 6) is -0.229. The Bertz CT molecular complexity index is 856. The fraction of sp³-hybridized carbons (Fsp3) is 0.333. The van der Waals surface area contributed by atoms with Gasteiger partial charge in [0, 0.05) is 29.5 Å². The molecule has 0 spiro atoms. The van der Waals surface area contributed by atoms with Crippen molar-refractivity contribution in [3.63, 3.8) is 0 Å². The van der Waals surface area contributed by atoms with Crippen LogP contribution in [0, 0.1) is 0 Å².